The largest absolute Gasteiger partial charge is 0.316 e. The molecule has 0 atom stereocenters. The van der Waals surface area contributed by atoms with E-state index in [1.807, 2.05) is 22.8 Å². The Hall–Kier alpha value is -1.35. The van der Waals surface area contributed by atoms with Gasteiger partial charge in [0.05, 0.1) is 11.2 Å². The fourth-order valence-electron chi connectivity index (χ4n) is 1.63. The molecule has 1 N–H and O–H groups in total. The normalized spacial score (nSPS) is 11.0. The Balaban J connectivity index is 1.97. The number of hydrogen-bond donors (Lipinski definition) is 1. The lowest BCUT2D eigenvalue weighted by atomic mass is 10.3. The first kappa shape index (κ1) is 10.2. The molecule has 0 aromatic carbocycles. The highest BCUT2D eigenvalue weighted by molar-refractivity contribution is 5.46. The summed E-state index contributed by atoms with van der Waals surface area (Å²) in [5.74, 6) is 0. The van der Waals surface area contributed by atoms with Crippen LogP contribution in [0.1, 0.15) is 19.0 Å². The Morgan fingerprint density at radius 3 is 3.07 bits per heavy atom. The second-order valence-corrected chi connectivity index (χ2v) is 3.71. The molecule has 0 amide bonds. The van der Waals surface area contributed by atoms with Gasteiger partial charge in [0.25, 0.3) is 0 Å². The van der Waals surface area contributed by atoms with Crippen molar-refractivity contribution in [1.82, 2.24) is 14.9 Å². The molecule has 3 nitrogen and oxygen atoms in total. The summed E-state index contributed by atoms with van der Waals surface area (Å²) in [5, 5.41) is 7.87. The van der Waals surface area contributed by atoms with E-state index in [0.717, 1.165) is 25.2 Å². The van der Waals surface area contributed by atoms with Crippen molar-refractivity contribution in [3.63, 3.8) is 0 Å². The van der Waals surface area contributed by atoms with E-state index in [1.54, 1.807) is 0 Å². The number of pyridine rings is 1. The quantitative estimate of drug-likeness (QED) is 0.752. The van der Waals surface area contributed by atoms with Crippen LogP contribution in [0, 0.1) is 0 Å². The van der Waals surface area contributed by atoms with Crippen molar-refractivity contribution in [2.45, 2.75) is 19.8 Å². The van der Waals surface area contributed by atoms with E-state index in [1.165, 1.54) is 11.9 Å². The van der Waals surface area contributed by atoms with Crippen LogP contribution in [0.4, 0.5) is 0 Å². The van der Waals surface area contributed by atoms with E-state index in [4.69, 9.17) is 0 Å². The van der Waals surface area contributed by atoms with Crippen LogP contribution >= 0.6 is 0 Å². The molecular weight excluding hydrogens is 186 g/mol. The smallest absolute Gasteiger partial charge is 0.0664 e. The Kier molecular flexibility index (Phi) is 3.35. The molecule has 0 saturated heterocycles. The molecule has 0 radical (unpaired) electrons. The van der Waals surface area contributed by atoms with Crippen LogP contribution in [-0.4, -0.2) is 22.7 Å². The Morgan fingerprint density at radius 1 is 1.33 bits per heavy atom. The molecule has 0 aliphatic heterocycles. The predicted octanol–water partition coefficient (Wildman–Crippen LogP) is 1.88. The lowest BCUT2D eigenvalue weighted by Crippen LogP contribution is -2.17. The summed E-state index contributed by atoms with van der Waals surface area (Å²) in [4.78, 5) is 0. The first-order valence-corrected chi connectivity index (χ1v) is 5.54. The van der Waals surface area contributed by atoms with Crippen molar-refractivity contribution < 1.29 is 0 Å². The van der Waals surface area contributed by atoms with Crippen LogP contribution in [0.2, 0.25) is 0 Å². The van der Waals surface area contributed by atoms with Gasteiger partial charge in [-0.3, -0.25) is 0 Å². The van der Waals surface area contributed by atoms with Crippen molar-refractivity contribution in [3.05, 3.63) is 36.2 Å². The van der Waals surface area contributed by atoms with Crippen LogP contribution in [-0.2, 0) is 6.42 Å². The predicted molar refractivity (Wildman–Crippen MR) is 62.1 cm³/mol. The van der Waals surface area contributed by atoms with Gasteiger partial charge in [-0.2, -0.15) is 5.10 Å². The average molecular weight is 203 g/mol. The highest BCUT2D eigenvalue weighted by Crippen LogP contribution is 2.05. The van der Waals surface area contributed by atoms with Crippen molar-refractivity contribution in [2.75, 3.05) is 13.1 Å². The van der Waals surface area contributed by atoms with Gasteiger partial charge in [-0.1, -0.05) is 13.0 Å². The van der Waals surface area contributed by atoms with Gasteiger partial charge in [-0.15, -0.1) is 0 Å². The summed E-state index contributed by atoms with van der Waals surface area (Å²) in [6.07, 6.45) is 4.17. The van der Waals surface area contributed by atoms with Gasteiger partial charge in [0.1, 0.15) is 0 Å². The van der Waals surface area contributed by atoms with Crippen LogP contribution in [0.25, 0.3) is 5.52 Å². The van der Waals surface area contributed by atoms with Gasteiger partial charge >= 0.3 is 0 Å². The first-order chi connectivity index (χ1) is 7.40. The van der Waals surface area contributed by atoms with E-state index in [0.29, 0.717) is 0 Å². The molecule has 2 heterocycles. The van der Waals surface area contributed by atoms with E-state index in [9.17, 15) is 0 Å². The lowest BCUT2D eigenvalue weighted by Gasteiger charge is -1.99. The topological polar surface area (TPSA) is 29.3 Å². The first-order valence-electron chi connectivity index (χ1n) is 5.54. The molecule has 3 heteroatoms. The van der Waals surface area contributed by atoms with Crippen molar-refractivity contribution in [3.8, 4) is 0 Å². The summed E-state index contributed by atoms with van der Waals surface area (Å²) >= 11 is 0. The molecule has 0 saturated carbocycles. The minimum absolute atomic E-state index is 1.00. The molecule has 15 heavy (non-hydrogen) atoms. The van der Waals surface area contributed by atoms with Gasteiger partial charge in [0, 0.05) is 19.2 Å². The van der Waals surface area contributed by atoms with Crippen LogP contribution in [0.5, 0.6) is 0 Å². The highest BCUT2D eigenvalue weighted by atomic mass is 15.2. The number of nitrogens with zero attached hydrogens (tertiary/aromatic N) is 2. The summed E-state index contributed by atoms with van der Waals surface area (Å²) < 4.78 is 1.93. The minimum Gasteiger partial charge on any atom is -0.316 e. The molecule has 2 aromatic heterocycles. The van der Waals surface area contributed by atoms with E-state index >= 15 is 0 Å². The van der Waals surface area contributed by atoms with E-state index in [-0.39, 0.29) is 0 Å². The second kappa shape index (κ2) is 4.94. The van der Waals surface area contributed by atoms with Crippen LogP contribution in [0.3, 0.4) is 0 Å². The molecule has 2 rings (SSSR count). The third-order valence-electron chi connectivity index (χ3n) is 2.41. The fourth-order valence-corrected chi connectivity index (χ4v) is 1.63. The van der Waals surface area contributed by atoms with Crippen molar-refractivity contribution >= 4 is 5.52 Å². The molecule has 0 spiro atoms. The van der Waals surface area contributed by atoms with Gasteiger partial charge in [0.15, 0.2) is 0 Å². The van der Waals surface area contributed by atoms with Gasteiger partial charge in [-0.25, -0.2) is 4.52 Å². The van der Waals surface area contributed by atoms with Crippen LogP contribution < -0.4 is 5.32 Å². The minimum atomic E-state index is 1.00. The number of aromatic nitrogens is 2. The molecule has 0 unspecified atom stereocenters. The molecular formula is C12H17N3. The third kappa shape index (κ3) is 2.57. The lowest BCUT2D eigenvalue weighted by molar-refractivity contribution is 0.663. The number of rotatable bonds is 5. The van der Waals surface area contributed by atoms with Crippen molar-refractivity contribution in [2.24, 2.45) is 0 Å². The highest BCUT2D eigenvalue weighted by Gasteiger charge is 1.99. The Bertz CT molecular complexity index is 386. The third-order valence-corrected chi connectivity index (χ3v) is 2.41. The maximum absolute atomic E-state index is 4.49. The van der Waals surface area contributed by atoms with Gasteiger partial charge < -0.3 is 5.32 Å². The summed E-state index contributed by atoms with van der Waals surface area (Å²) in [5.41, 5.74) is 2.33. The summed E-state index contributed by atoms with van der Waals surface area (Å²) in [7, 11) is 0. The molecule has 80 valence electrons. The van der Waals surface area contributed by atoms with Gasteiger partial charge in [-0.05, 0) is 31.2 Å². The molecule has 0 fully saturated rings. The monoisotopic (exact) mass is 203 g/mol. The molecule has 2 aromatic rings. The van der Waals surface area contributed by atoms with Crippen molar-refractivity contribution in [1.29, 1.82) is 0 Å². The molecule has 0 aliphatic rings. The molecule has 0 aliphatic carbocycles. The zero-order valence-corrected chi connectivity index (χ0v) is 9.11. The fraction of sp³-hybridized carbons (Fsp3) is 0.417. The van der Waals surface area contributed by atoms with E-state index < -0.39 is 0 Å². The maximum atomic E-state index is 4.49. The molecule has 0 bridgehead atoms. The standard InChI is InChI=1S/C12H17N3/c1-2-7-13-8-6-11-10-12-5-3-4-9-15(12)14-11/h3-5,9-10,13H,2,6-8H2,1H3. The maximum Gasteiger partial charge on any atom is 0.0664 e. The summed E-state index contributed by atoms with van der Waals surface area (Å²) in [6.45, 7) is 4.28. The average Bonchev–Trinajstić information content (AvgIpc) is 2.67. The number of fused-ring (bicyclic) bond motifs is 1. The van der Waals surface area contributed by atoms with Gasteiger partial charge in [0.2, 0.25) is 0 Å². The zero-order chi connectivity index (χ0) is 10.5. The number of nitrogens with one attached hydrogen (secondary N) is 1. The number of hydrogen-bond acceptors (Lipinski definition) is 2. The SMILES string of the molecule is CCCNCCc1cc2ccccn2n1. The van der Waals surface area contributed by atoms with Crippen LogP contribution in [0.15, 0.2) is 30.5 Å². The Labute approximate surface area is 90.1 Å². The Morgan fingerprint density at radius 2 is 2.27 bits per heavy atom. The second-order valence-electron chi connectivity index (χ2n) is 3.71. The van der Waals surface area contributed by atoms with E-state index in [2.05, 4.69) is 29.5 Å². The summed E-state index contributed by atoms with van der Waals surface area (Å²) in [6, 6.07) is 8.26. The zero-order valence-electron chi connectivity index (χ0n) is 9.11.